The molecule has 0 saturated heterocycles. The molecule has 0 atom stereocenters. The molecule has 0 aliphatic rings. The summed E-state index contributed by atoms with van der Waals surface area (Å²) >= 11 is 9.90. The van der Waals surface area contributed by atoms with E-state index in [4.69, 9.17) is 11.6 Å². The number of halogens is 2. The molecule has 0 aromatic heterocycles. The molecule has 2 rings (SSSR count). The molecule has 0 heterocycles. The fourth-order valence-electron chi connectivity index (χ4n) is 2.75. The van der Waals surface area contributed by atoms with Gasteiger partial charge < -0.3 is 10.2 Å². The quantitative estimate of drug-likeness (QED) is 0.241. The maximum Gasteiger partial charge on any atom is 0.261 e. The lowest BCUT2D eigenvalue weighted by Gasteiger charge is -2.16. The van der Waals surface area contributed by atoms with Gasteiger partial charge in [-0.1, -0.05) is 54.9 Å². The highest BCUT2D eigenvalue weighted by Gasteiger charge is 2.20. The van der Waals surface area contributed by atoms with E-state index >= 15 is 0 Å². The second-order valence-electron chi connectivity index (χ2n) is 6.65. The highest BCUT2D eigenvalue weighted by molar-refractivity contribution is 9.10. The summed E-state index contributed by atoms with van der Waals surface area (Å²) in [5, 5.41) is 3.48. The van der Waals surface area contributed by atoms with Gasteiger partial charge in [0.2, 0.25) is 0 Å². The van der Waals surface area contributed by atoms with E-state index < -0.39 is 5.91 Å². The van der Waals surface area contributed by atoms with Gasteiger partial charge in [-0.3, -0.25) is 9.59 Å². The number of benzene rings is 2. The van der Waals surface area contributed by atoms with Crippen LogP contribution in [0.4, 0.5) is 5.69 Å². The van der Waals surface area contributed by atoms with Crippen molar-refractivity contribution in [1.82, 2.24) is 4.90 Å². The van der Waals surface area contributed by atoms with Crippen molar-refractivity contribution in [2.75, 3.05) is 19.4 Å². The SMILES string of the molecule is CC/C=C/C=C(/C(=O)Nc1cccc(-c2cccc(Br)c2Cl)c1C)C(=O)N(C)C. The first-order valence-corrected chi connectivity index (χ1v) is 10.4. The summed E-state index contributed by atoms with van der Waals surface area (Å²) in [6.07, 6.45) is 5.97. The Hall–Kier alpha value is -2.37. The fourth-order valence-corrected chi connectivity index (χ4v) is 3.34. The van der Waals surface area contributed by atoms with E-state index in [-0.39, 0.29) is 11.5 Å². The molecule has 4 nitrogen and oxygen atoms in total. The second-order valence-corrected chi connectivity index (χ2v) is 7.88. The number of hydrogen-bond donors (Lipinski definition) is 1. The van der Waals surface area contributed by atoms with E-state index in [1.54, 1.807) is 26.2 Å². The number of hydrogen-bond acceptors (Lipinski definition) is 2. The Bertz CT molecular complexity index is 981. The van der Waals surface area contributed by atoms with Gasteiger partial charge >= 0.3 is 0 Å². The zero-order valence-corrected chi connectivity index (χ0v) is 19.3. The van der Waals surface area contributed by atoms with Crippen molar-refractivity contribution >= 4 is 45.0 Å². The number of amides is 2. The minimum Gasteiger partial charge on any atom is -0.345 e. The Labute approximate surface area is 185 Å². The minimum atomic E-state index is -0.454. The number of nitrogens with one attached hydrogen (secondary N) is 1. The molecule has 2 aromatic rings. The van der Waals surface area contributed by atoms with Crippen molar-refractivity contribution < 1.29 is 9.59 Å². The van der Waals surface area contributed by atoms with Crippen molar-refractivity contribution in [2.45, 2.75) is 20.3 Å². The molecule has 0 saturated carbocycles. The van der Waals surface area contributed by atoms with Crippen molar-refractivity contribution in [3.63, 3.8) is 0 Å². The first-order valence-electron chi connectivity index (χ1n) is 9.21. The number of carbonyl (C=O) groups excluding carboxylic acids is 2. The van der Waals surface area contributed by atoms with E-state index in [9.17, 15) is 9.59 Å². The predicted octanol–water partition coefficient (Wildman–Crippen LogP) is 6.00. The number of likely N-dealkylation sites (N-methyl/N-ethyl adjacent to an activating group) is 1. The summed E-state index contributed by atoms with van der Waals surface area (Å²) in [7, 11) is 3.24. The average molecular weight is 476 g/mol. The van der Waals surface area contributed by atoms with Crippen LogP contribution in [-0.4, -0.2) is 30.8 Å². The van der Waals surface area contributed by atoms with E-state index in [2.05, 4.69) is 21.2 Å². The van der Waals surface area contributed by atoms with Crippen molar-refractivity contribution in [3.8, 4) is 11.1 Å². The van der Waals surface area contributed by atoms with Crippen LogP contribution in [0.25, 0.3) is 11.1 Å². The van der Waals surface area contributed by atoms with Gasteiger partial charge in [0, 0.05) is 29.8 Å². The normalized spacial score (nSPS) is 11.6. The Morgan fingerprint density at radius 1 is 1.14 bits per heavy atom. The Morgan fingerprint density at radius 2 is 1.79 bits per heavy atom. The third-order valence-corrected chi connectivity index (χ3v) is 5.64. The maximum absolute atomic E-state index is 12.9. The van der Waals surface area contributed by atoms with Crippen LogP contribution in [0.15, 0.2) is 64.7 Å². The Balaban J connectivity index is 2.41. The number of rotatable bonds is 6. The van der Waals surface area contributed by atoms with E-state index in [0.717, 1.165) is 27.6 Å². The van der Waals surface area contributed by atoms with Gasteiger partial charge in [0.15, 0.2) is 0 Å². The number of carbonyl (C=O) groups is 2. The lowest BCUT2D eigenvalue weighted by molar-refractivity contribution is -0.127. The second kappa shape index (κ2) is 10.4. The number of anilines is 1. The largest absolute Gasteiger partial charge is 0.345 e. The number of allylic oxidation sites excluding steroid dienone is 3. The van der Waals surface area contributed by atoms with Crippen LogP contribution in [0.2, 0.25) is 5.02 Å². The van der Waals surface area contributed by atoms with E-state index in [1.807, 2.05) is 56.3 Å². The van der Waals surface area contributed by atoms with E-state index in [1.165, 1.54) is 4.90 Å². The summed E-state index contributed by atoms with van der Waals surface area (Å²) in [5.74, 6) is -0.808. The van der Waals surface area contributed by atoms with E-state index in [0.29, 0.717) is 10.7 Å². The average Bonchev–Trinajstić information content (AvgIpc) is 2.68. The van der Waals surface area contributed by atoms with Crippen molar-refractivity contribution in [1.29, 1.82) is 0 Å². The fraction of sp³-hybridized carbons (Fsp3) is 0.217. The Morgan fingerprint density at radius 3 is 2.45 bits per heavy atom. The first kappa shape index (κ1) is 22.9. The van der Waals surface area contributed by atoms with Crippen LogP contribution in [0.3, 0.4) is 0 Å². The van der Waals surface area contributed by atoms with Crippen LogP contribution < -0.4 is 5.32 Å². The molecule has 29 heavy (non-hydrogen) atoms. The summed E-state index contributed by atoms with van der Waals surface area (Å²) in [6, 6.07) is 11.3. The van der Waals surface area contributed by atoms with Gasteiger partial charge in [-0.15, -0.1) is 0 Å². The van der Waals surface area contributed by atoms with Crippen LogP contribution >= 0.6 is 27.5 Å². The maximum atomic E-state index is 12.9. The lowest BCUT2D eigenvalue weighted by atomic mass is 9.99. The molecular weight excluding hydrogens is 452 g/mol. The molecule has 1 N–H and O–H groups in total. The molecule has 6 heteroatoms. The zero-order valence-electron chi connectivity index (χ0n) is 16.9. The summed E-state index contributed by atoms with van der Waals surface area (Å²) in [4.78, 5) is 26.7. The van der Waals surface area contributed by atoms with Crippen LogP contribution in [-0.2, 0) is 9.59 Å². The standard InChI is InChI=1S/C23H24BrClN2O2/c1-5-6-7-10-18(23(29)27(3)4)22(28)26-20-14-9-11-16(15(20)2)17-12-8-13-19(24)21(17)25/h6-14H,5H2,1-4H3,(H,26,28)/b7-6+,18-10-. The molecule has 0 bridgehead atoms. The molecule has 152 valence electrons. The monoisotopic (exact) mass is 474 g/mol. The predicted molar refractivity (Wildman–Crippen MR) is 124 cm³/mol. The van der Waals surface area contributed by atoms with Crippen molar-refractivity contribution in [3.05, 3.63) is 75.3 Å². The van der Waals surface area contributed by atoms with Gasteiger partial charge in [0.05, 0.1) is 5.02 Å². The smallest absolute Gasteiger partial charge is 0.261 e. The van der Waals surface area contributed by atoms with Crippen LogP contribution in [0.1, 0.15) is 18.9 Å². The van der Waals surface area contributed by atoms with Gasteiger partial charge in [-0.2, -0.15) is 0 Å². The summed E-state index contributed by atoms with van der Waals surface area (Å²) in [6.45, 7) is 3.90. The van der Waals surface area contributed by atoms with Gasteiger partial charge in [-0.25, -0.2) is 0 Å². The molecule has 0 fully saturated rings. The van der Waals surface area contributed by atoms with Crippen LogP contribution in [0, 0.1) is 6.92 Å². The topological polar surface area (TPSA) is 49.4 Å². The molecule has 2 aromatic carbocycles. The van der Waals surface area contributed by atoms with Crippen molar-refractivity contribution in [2.24, 2.45) is 0 Å². The summed E-state index contributed by atoms with van der Waals surface area (Å²) < 4.78 is 0.801. The molecule has 0 aliphatic heterocycles. The highest BCUT2D eigenvalue weighted by Crippen LogP contribution is 2.37. The van der Waals surface area contributed by atoms with Gasteiger partial charge in [0.25, 0.3) is 11.8 Å². The third kappa shape index (κ3) is 5.58. The zero-order chi connectivity index (χ0) is 21.6. The molecule has 0 radical (unpaired) electrons. The Kier molecular flexibility index (Phi) is 8.23. The lowest BCUT2D eigenvalue weighted by Crippen LogP contribution is -2.30. The molecular formula is C23H24BrClN2O2. The number of nitrogens with zero attached hydrogens (tertiary/aromatic N) is 1. The van der Waals surface area contributed by atoms with Gasteiger partial charge in [0.1, 0.15) is 5.57 Å². The third-order valence-electron chi connectivity index (χ3n) is 4.34. The summed E-state index contributed by atoms with van der Waals surface area (Å²) in [5.41, 5.74) is 3.33. The first-order chi connectivity index (χ1) is 13.8. The van der Waals surface area contributed by atoms with Crippen LogP contribution in [0.5, 0.6) is 0 Å². The highest BCUT2D eigenvalue weighted by atomic mass is 79.9. The minimum absolute atomic E-state index is 0.0741. The molecule has 2 amide bonds. The molecule has 0 spiro atoms. The molecule has 0 aliphatic carbocycles. The van der Waals surface area contributed by atoms with Gasteiger partial charge in [-0.05, 0) is 58.6 Å². The molecule has 0 unspecified atom stereocenters.